The molecule has 1 amide bonds. The standard InChI is InChI=1S/C19H18FN5O2/c20-14-6-4-12(5-7-14)16-11-17(23-22-16)19(27)21-8-9-25-18(26)10-13-2-1-3-15(13)24-25/h4-7,10-11H,1-3,8-9H2,(H,21,27)(H,22,23). The van der Waals surface area contributed by atoms with Gasteiger partial charge in [-0.2, -0.15) is 10.2 Å². The van der Waals surface area contributed by atoms with Gasteiger partial charge in [-0.3, -0.25) is 14.7 Å². The summed E-state index contributed by atoms with van der Waals surface area (Å²) in [7, 11) is 0. The van der Waals surface area contributed by atoms with Gasteiger partial charge in [-0.25, -0.2) is 9.07 Å². The Hall–Kier alpha value is -3.29. The summed E-state index contributed by atoms with van der Waals surface area (Å²) in [6.07, 6.45) is 2.83. The van der Waals surface area contributed by atoms with Crippen LogP contribution in [0.4, 0.5) is 4.39 Å². The quantitative estimate of drug-likeness (QED) is 0.718. The molecule has 0 atom stereocenters. The zero-order chi connectivity index (χ0) is 18.8. The highest BCUT2D eigenvalue weighted by atomic mass is 19.1. The number of carbonyl (C=O) groups is 1. The predicted octanol–water partition coefficient (Wildman–Crippen LogP) is 1.69. The Kier molecular flexibility index (Phi) is 4.53. The van der Waals surface area contributed by atoms with Crippen LogP contribution in [0.5, 0.6) is 0 Å². The van der Waals surface area contributed by atoms with Crippen LogP contribution in [0.1, 0.15) is 28.2 Å². The Morgan fingerprint density at radius 3 is 2.85 bits per heavy atom. The van der Waals surface area contributed by atoms with Gasteiger partial charge in [0.1, 0.15) is 11.5 Å². The molecule has 0 bridgehead atoms. The molecular weight excluding hydrogens is 349 g/mol. The molecule has 4 rings (SSSR count). The topological polar surface area (TPSA) is 92.7 Å². The van der Waals surface area contributed by atoms with Crippen LogP contribution >= 0.6 is 0 Å². The van der Waals surface area contributed by atoms with E-state index < -0.39 is 0 Å². The molecule has 8 heteroatoms. The molecule has 7 nitrogen and oxygen atoms in total. The van der Waals surface area contributed by atoms with Crippen molar-refractivity contribution < 1.29 is 9.18 Å². The molecule has 2 heterocycles. The van der Waals surface area contributed by atoms with Crippen molar-refractivity contribution in [2.75, 3.05) is 6.54 Å². The maximum Gasteiger partial charge on any atom is 0.269 e. The number of hydrogen-bond acceptors (Lipinski definition) is 4. The van der Waals surface area contributed by atoms with Crippen LogP contribution in [0, 0.1) is 5.82 Å². The number of aryl methyl sites for hydroxylation is 2. The van der Waals surface area contributed by atoms with Gasteiger partial charge in [0, 0.05) is 18.2 Å². The molecule has 2 aromatic heterocycles. The van der Waals surface area contributed by atoms with Crippen molar-refractivity contribution in [2.45, 2.75) is 25.8 Å². The van der Waals surface area contributed by atoms with Crippen molar-refractivity contribution in [1.29, 1.82) is 0 Å². The molecule has 0 saturated carbocycles. The van der Waals surface area contributed by atoms with E-state index in [0.29, 0.717) is 23.5 Å². The Morgan fingerprint density at radius 2 is 2.04 bits per heavy atom. The molecule has 0 radical (unpaired) electrons. The highest BCUT2D eigenvalue weighted by Crippen LogP contribution is 2.18. The zero-order valence-electron chi connectivity index (χ0n) is 14.5. The van der Waals surface area contributed by atoms with Crippen LogP contribution in [0.2, 0.25) is 0 Å². The van der Waals surface area contributed by atoms with E-state index in [1.165, 1.54) is 16.8 Å². The molecule has 1 aliphatic rings. The smallest absolute Gasteiger partial charge is 0.269 e. The third kappa shape index (κ3) is 3.64. The summed E-state index contributed by atoms with van der Waals surface area (Å²) in [4.78, 5) is 24.3. The number of hydrogen-bond donors (Lipinski definition) is 2. The van der Waals surface area contributed by atoms with Crippen molar-refractivity contribution in [3.05, 3.63) is 69.5 Å². The second-order valence-corrected chi connectivity index (χ2v) is 6.46. The maximum atomic E-state index is 13.0. The summed E-state index contributed by atoms with van der Waals surface area (Å²) in [5, 5.41) is 13.9. The van der Waals surface area contributed by atoms with E-state index in [-0.39, 0.29) is 23.8 Å². The van der Waals surface area contributed by atoms with E-state index in [1.54, 1.807) is 24.3 Å². The maximum absolute atomic E-state index is 13.0. The van der Waals surface area contributed by atoms with Gasteiger partial charge in [0.2, 0.25) is 0 Å². The summed E-state index contributed by atoms with van der Waals surface area (Å²) in [6, 6.07) is 9.11. The van der Waals surface area contributed by atoms with Crippen molar-refractivity contribution in [1.82, 2.24) is 25.3 Å². The van der Waals surface area contributed by atoms with Gasteiger partial charge in [0.25, 0.3) is 11.5 Å². The number of nitrogens with zero attached hydrogens (tertiary/aromatic N) is 3. The van der Waals surface area contributed by atoms with Crippen LogP contribution in [-0.2, 0) is 19.4 Å². The number of H-pyrrole nitrogens is 1. The van der Waals surface area contributed by atoms with Crippen LogP contribution in [0.3, 0.4) is 0 Å². The highest BCUT2D eigenvalue weighted by Gasteiger charge is 2.15. The first kappa shape index (κ1) is 17.1. The number of amides is 1. The second-order valence-electron chi connectivity index (χ2n) is 6.46. The summed E-state index contributed by atoms with van der Waals surface area (Å²) in [5.74, 6) is -0.660. The van der Waals surface area contributed by atoms with E-state index in [0.717, 1.165) is 30.5 Å². The Morgan fingerprint density at radius 1 is 1.22 bits per heavy atom. The molecular formula is C19H18FN5O2. The van der Waals surface area contributed by atoms with Crippen molar-refractivity contribution in [2.24, 2.45) is 0 Å². The van der Waals surface area contributed by atoms with Crippen LogP contribution in [-0.4, -0.2) is 32.4 Å². The molecule has 138 valence electrons. The fourth-order valence-corrected chi connectivity index (χ4v) is 3.18. The number of aromatic nitrogens is 4. The molecule has 0 spiro atoms. The number of carbonyl (C=O) groups excluding carboxylic acids is 1. The first-order chi connectivity index (χ1) is 13.1. The molecule has 3 aromatic rings. The van der Waals surface area contributed by atoms with Gasteiger partial charge < -0.3 is 5.32 Å². The van der Waals surface area contributed by atoms with Crippen molar-refractivity contribution >= 4 is 5.91 Å². The number of benzene rings is 1. The molecule has 1 aromatic carbocycles. The summed E-state index contributed by atoms with van der Waals surface area (Å²) in [6.45, 7) is 0.576. The average molecular weight is 367 g/mol. The van der Waals surface area contributed by atoms with E-state index in [1.807, 2.05) is 0 Å². The first-order valence-corrected chi connectivity index (χ1v) is 8.79. The fraction of sp³-hybridized carbons (Fsp3) is 0.263. The van der Waals surface area contributed by atoms with Crippen LogP contribution < -0.4 is 10.9 Å². The first-order valence-electron chi connectivity index (χ1n) is 8.79. The third-order valence-electron chi connectivity index (χ3n) is 4.60. The Balaban J connectivity index is 1.38. The molecule has 0 fully saturated rings. The van der Waals surface area contributed by atoms with Crippen molar-refractivity contribution in [3.8, 4) is 11.3 Å². The number of nitrogens with one attached hydrogen (secondary N) is 2. The minimum atomic E-state index is -0.331. The van der Waals surface area contributed by atoms with Gasteiger partial charge in [-0.05, 0) is 55.2 Å². The third-order valence-corrected chi connectivity index (χ3v) is 4.60. The average Bonchev–Trinajstić information content (AvgIpc) is 3.31. The monoisotopic (exact) mass is 367 g/mol. The molecule has 0 unspecified atom stereocenters. The Labute approximate surface area is 154 Å². The Bertz CT molecular complexity index is 1040. The molecule has 27 heavy (non-hydrogen) atoms. The second kappa shape index (κ2) is 7.14. The normalized spacial score (nSPS) is 12.8. The fourth-order valence-electron chi connectivity index (χ4n) is 3.18. The largest absolute Gasteiger partial charge is 0.349 e. The highest BCUT2D eigenvalue weighted by molar-refractivity contribution is 5.93. The van der Waals surface area contributed by atoms with Gasteiger partial charge >= 0.3 is 0 Å². The number of halogens is 1. The van der Waals surface area contributed by atoms with Crippen LogP contribution in [0.25, 0.3) is 11.3 Å². The van der Waals surface area contributed by atoms with Crippen molar-refractivity contribution in [3.63, 3.8) is 0 Å². The van der Waals surface area contributed by atoms with E-state index in [2.05, 4.69) is 20.6 Å². The van der Waals surface area contributed by atoms with E-state index in [9.17, 15) is 14.0 Å². The van der Waals surface area contributed by atoms with Gasteiger partial charge in [0.15, 0.2) is 0 Å². The molecule has 0 saturated heterocycles. The van der Waals surface area contributed by atoms with E-state index >= 15 is 0 Å². The van der Waals surface area contributed by atoms with Gasteiger partial charge in [-0.1, -0.05) is 0 Å². The van der Waals surface area contributed by atoms with Gasteiger partial charge in [0.05, 0.1) is 17.9 Å². The lowest BCUT2D eigenvalue weighted by Gasteiger charge is -2.07. The zero-order valence-corrected chi connectivity index (χ0v) is 14.5. The number of fused-ring (bicyclic) bond motifs is 1. The van der Waals surface area contributed by atoms with E-state index in [4.69, 9.17) is 0 Å². The van der Waals surface area contributed by atoms with Crippen LogP contribution in [0.15, 0.2) is 41.2 Å². The molecule has 2 N–H and O–H groups in total. The SMILES string of the molecule is O=C(NCCn1nc2c(cc1=O)CCC2)c1cc(-c2ccc(F)cc2)n[nH]1. The van der Waals surface area contributed by atoms with Gasteiger partial charge in [-0.15, -0.1) is 0 Å². The lowest BCUT2D eigenvalue weighted by molar-refractivity contribution is 0.0946. The number of aromatic amines is 1. The minimum Gasteiger partial charge on any atom is -0.349 e. The lowest BCUT2D eigenvalue weighted by Crippen LogP contribution is -2.32. The molecule has 1 aliphatic carbocycles. The molecule has 0 aliphatic heterocycles. The predicted molar refractivity (Wildman–Crippen MR) is 96.8 cm³/mol. The lowest BCUT2D eigenvalue weighted by atomic mass is 10.1. The number of rotatable bonds is 5. The summed E-state index contributed by atoms with van der Waals surface area (Å²) < 4.78 is 14.4. The minimum absolute atomic E-state index is 0.148. The summed E-state index contributed by atoms with van der Waals surface area (Å²) >= 11 is 0. The summed E-state index contributed by atoms with van der Waals surface area (Å²) in [5.41, 5.74) is 3.41.